The van der Waals surface area contributed by atoms with E-state index in [1.807, 2.05) is 103 Å². The Morgan fingerprint density at radius 1 is 0.444 bits per heavy atom. The predicted molar refractivity (Wildman–Crippen MR) is 345 cm³/mol. The number of benzene rings is 11. The van der Waals surface area contributed by atoms with Crippen LogP contribution in [0.2, 0.25) is 0 Å². The van der Waals surface area contributed by atoms with Crippen LogP contribution < -0.4 is 70.5 Å². The van der Waals surface area contributed by atoms with Gasteiger partial charge in [0.15, 0.2) is 0 Å². The summed E-state index contributed by atoms with van der Waals surface area (Å²) in [7, 11) is 0. The van der Waals surface area contributed by atoms with E-state index in [0.29, 0.717) is 34.5 Å². The van der Waals surface area contributed by atoms with Crippen LogP contribution in [0.4, 0.5) is 0 Å². The number of hydrogen-bond donors (Lipinski definition) is 0. The second-order valence-electron chi connectivity index (χ2n) is 24.5. The SMILES string of the molecule is CC(C)(C)c1ccnc(-n2c3[c-]c(Oc4[c-]c(-n5[c-][n+](-c6c(-c7cc8c9c(c7)Oc7cccc%10c7B9c7c(cccc7O8)O%10)cccc6-c6cc7c8c(c6)Oc6cccc9c6B8c6c(cccc6O7)O9)c6ccccc65)ccc4)ccc3c3ccccc32)c1.[Pt]. The van der Waals surface area contributed by atoms with Gasteiger partial charge in [0.25, 0.3) is 19.8 Å². The minimum Gasteiger partial charge on any atom is -0.510 e. The summed E-state index contributed by atoms with van der Waals surface area (Å²) >= 11 is 0. The third-order valence-electron chi connectivity index (χ3n) is 18.4. The first kappa shape index (κ1) is 51.3. The Morgan fingerprint density at radius 2 is 0.911 bits per heavy atom. The van der Waals surface area contributed by atoms with Crippen LogP contribution in [0.15, 0.2) is 212 Å². The van der Waals surface area contributed by atoms with Crippen molar-refractivity contribution >= 4 is 79.0 Å². The summed E-state index contributed by atoms with van der Waals surface area (Å²) in [6, 6.07) is 77.5. The van der Waals surface area contributed by atoms with Gasteiger partial charge in [-0.05, 0) is 135 Å². The van der Waals surface area contributed by atoms with Crippen molar-refractivity contribution in [1.29, 1.82) is 0 Å². The van der Waals surface area contributed by atoms with E-state index in [4.69, 9.17) is 38.1 Å². The zero-order valence-electron chi connectivity index (χ0n) is 48.3. The second kappa shape index (κ2) is 18.7. The molecule has 11 nitrogen and oxygen atoms in total. The molecule has 20 rings (SSSR count). The monoisotopic (exact) mass is 1340 g/mol. The fraction of sp³-hybridized carbons (Fsp3) is 0.0526. The first-order valence-electron chi connectivity index (χ1n) is 29.9. The fourth-order valence-electron chi connectivity index (χ4n) is 14.5. The van der Waals surface area contributed by atoms with Crippen molar-refractivity contribution in [2.75, 3.05) is 0 Å². The molecule has 0 spiro atoms. The number of imidazole rings is 1. The largest absolute Gasteiger partial charge is 0.510 e. The van der Waals surface area contributed by atoms with Gasteiger partial charge in [0.1, 0.15) is 74.8 Å². The number of ether oxygens (including phenoxy) is 7. The Morgan fingerprint density at radius 3 is 1.46 bits per heavy atom. The van der Waals surface area contributed by atoms with Crippen LogP contribution in [0.25, 0.3) is 72.3 Å². The van der Waals surface area contributed by atoms with Gasteiger partial charge in [-0.25, -0.2) is 4.98 Å². The van der Waals surface area contributed by atoms with Gasteiger partial charge in [0.05, 0.1) is 16.7 Å². The maximum absolute atomic E-state index is 6.97. The van der Waals surface area contributed by atoms with Crippen LogP contribution in [0.1, 0.15) is 26.3 Å². The Kier molecular flexibility index (Phi) is 10.6. The van der Waals surface area contributed by atoms with Crippen LogP contribution >= 0.6 is 0 Å². The summed E-state index contributed by atoms with van der Waals surface area (Å²) in [6.07, 6.45) is 5.78. The number of para-hydroxylation sites is 4. The van der Waals surface area contributed by atoms with Gasteiger partial charge in [-0.15, -0.1) is 29.7 Å². The van der Waals surface area contributed by atoms with Gasteiger partial charge in [0.2, 0.25) is 0 Å². The topological polar surface area (TPSA) is 91.2 Å². The van der Waals surface area contributed by atoms with Crippen molar-refractivity contribution in [3.8, 4) is 120 Å². The molecule has 6 aliphatic rings. The Balaban J connectivity index is 0.00000583. The van der Waals surface area contributed by atoms with Gasteiger partial charge in [-0.3, -0.25) is 4.57 Å². The molecule has 0 fully saturated rings. The molecule has 428 valence electrons. The van der Waals surface area contributed by atoms with E-state index in [-0.39, 0.29) is 39.9 Å². The van der Waals surface area contributed by atoms with E-state index in [9.17, 15) is 0 Å². The van der Waals surface area contributed by atoms with E-state index in [1.54, 1.807) is 0 Å². The van der Waals surface area contributed by atoms with E-state index >= 15 is 0 Å². The van der Waals surface area contributed by atoms with E-state index in [2.05, 4.69) is 162 Å². The fourth-order valence-corrected chi connectivity index (χ4v) is 14.5. The minimum atomic E-state index is -0.142. The third kappa shape index (κ3) is 7.29. The summed E-state index contributed by atoms with van der Waals surface area (Å²) in [6.45, 7) is 6.37. The molecule has 3 aromatic heterocycles. The molecule has 0 N–H and O–H groups in total. The summed E-state index contributed by atoms with van der Waals surface area (Å²) in [5, 5.41) is 2.16. The molecule has 0 amide bonds. The third-order valence-corrected chi connectivity index (χ3v) is 18.4. The van der Waals surface area contributed by atoms with Crippen molar-refractivity contribution in [2.45, 2.75) is 26.2 Å². The standard InChI is InChI=1S/C76H44B2N4O7.Pt/c1-76(2,3)44-32-33-79-68(38-44)82-52-19-5-4-16-50(52)51-31-30-47(40-55(51)82)83-46-15-8-14-45(39-46)80-41-81(54-21-7-6-20-53(54)80)75-48(42-34-64-73-65(35-42)87-61-27-11-23-57-70(61)77(73)69-56(84-57)22-10-26-60(69)86-64)17-9-18-49(75)43-36-66-74-67(37-43)89-63-29-13-25-59-72(63)78(74)71-58(85-59)24-12-28-62(71)88-66;/h4-38H,1-3H3;/q-2;. The van der Waals surface area contributed by atoms with Gasteiger partial charge >= 0.3 is 0 Å². The van der Waals surface area contributed by atoms with Crippen molar-refractivity contribution in [3.05, 3.63) is 236 Å². The zero-order chi connectivity index (χ0) is 58.5. The van der Waals surface area contributed by atoms with Gasteiger partial charge < -0.3 is 42.3 Å². The molecule has 14 aromatic rings. The van der Waals surface area contributed by atoms with Crippen LogP contribution in [0.5, 0.6) is 80.5 Å². The molecule has 0 aliphatic carbocycles. The Labute approximate surface area is 531 Å². The molecule has 14 heteroatoms. The Bertz CT molecular complexity index is 5200. The van der Waals surface area contributed by atoms with Crippen molar-refractivity contribution < 1.29 is 58.8 Å². The maximum Gasteiger partial charge on any atom is 0.270 e. The van der Waals surface area contributed by atoms with Crippen LogP contribution in [-0.4, -0.2) is 27.5 Å². The van der Waals surface area contributed by atoms with Crippen molar-refractivity contribution in [2.24, 2.45) is 0 Å². The number of aromatic nitrogens is 4. The average molecular weight is 1340 g/mol. The van der Waals surface area contributed by atoms with E-state index in [1.165, 1.54) is 5.56 Å². The van der Waals surface area contributed by atoms with E-state index < -0.39 is 0 Å². The molecule has 11 aromatic carbocycles. The molecular weight excluding hydrogens is 1300 g/mol. The van der Waals surface area contributed by atoms with Crippen molar-refractivity contribution in [1.82, 2.24) is 14.1 Å². The zero-order valence-corrected chi connectivity index (χ0v) is 50.6. The van der Waals surface area contributed by atoms with E-state index in [0.717, 1.165) is 151 Å². The maximum atomic E-state index is 6.97. The number of rotatable bonds is 7. The number of fused-ring (bicyclic) bond motifs is 4. The molecule has 0 saturated heterocycles. The van der Waals surface area contributed by atoms with Crippen LogP contribution in [0, 0.1) is 18.5 Å². The molecule has 90 heavy (non-hydrogen) atoms. The summed E-state index contributed by atoms with van der Waals surface area (Å²) in [5.41, 5.74) is 15.9. The van der Waals surface area contributed by atoms with Crippen molar-refractivity contribution in [3.63, 3.8) is 0 Å². The molecule has 0 saturated carbocycles. The first-order valence-corrected chi connectivity index (χ1v) is 29.9. The normalized spacial score (nSPS) is 13.5. The van der Waals surface area contributed by atoms with Gasteiger partial charge in [-0.1, -0.05) is 111 Å². The minimum absolute atomic E-state index is 0. The Hall–Kier alpha value is -10.7. The molecule has 0 atom stereocenters. The average Bonchev–Trinajstić information content (AvgIpc) is 0.943. The van der Waals surface area contributed by atoms with Gasteiger partial charge in [-0.2, -0.15) is 18.2 Å². The van der Waals surface area contributed by atoms with Crippen LogP contribution in [-0.2, 0) is 26.5 Å². The molecule has 0 bridgehead atoms. The molecule has 9 heterocycles. The second-order valence-corrected chi connectivity index (χ2v) is 24.5. The number of pyridine rings is 1. The molecule has 0 unspecified atom stereocenters. The number of hydrogen-bond acceptors (Lipinski definition) is 8. The summed E-state index contributed by atoms with van der Waals surface area (Å²) in [5.74, 6) is 10.9. The predicted octanol–water partition coefficient (Wildman–Crippen LogP) is 13.9. The summed E-state index contributed by atoms with van der Waals surface area (Å²) in [4.78, 5) is 4.90. The molecular formula is C76H44B2N4O7Pt-2. The van der Waals surface area contributed by atoms with Crippen LogP contribution in [0.3, 0.4) is 0 Å². The smallest absolute Gasteiger partial charge is 0.270 e. The molecule has 6 aliphatic heterocycles. The number of nitrogens with zero attached hydrogens (tertiary/aromatic N) is 4. The first-order chi connectivity index (χ1) is 43.7. The summed E-state index contributed by atoms with van der Waals surface area (Å²) < 4.78 is 54.1. The molecule has 0 radical (unpaired) electrons. The van der Waals surface area contributed by atoms with Gasteiger partial charge in [0, 0.05) is 77.1 Å². The quantitative estimate of drug-likeness (QED) is 0.0885.